The smallest absolute Gasteiger partial charge is 0.251 e. The molecule has 0 saturated carbocycles. The van der Waals surface area contributed by atoms with Crippen LogP contribution in [0.5, 0.6) is 5.75 Å². The Labute approximate surface area is 201 Å². The molecule has 34 heavy (non-hydrogen) atoms. The Hall–Kier alpha value is -3.12. The van der Waals surface area contributed by atoms with E-state index < -0.39 is 0 Å². The number of hydrogen-bond donors (Lipinski definition) is 2. The first kappa shape index (κ1) is 22.7. The summed E-state index contributed by atoms with van der Waals surface area (Å²) in [6.45, 7) is 7.70. The van der Waals surface area contributed by atoms with E-state index >= 15 is 0 Å². The van der Waals surface area contributed by atoms with E-state index in [9.17, 15) is 4.79 Å². The van der Waals surface area contributed by atoms with Crippen LogP contribution in [0.3, 0.4) is 0 Å². The normalized spacial score (nSPS) is 16.4. The van der Waals surface area contributed by atoms with Crippen LogP contribution in [0.4, 0.5) is 0 Å². The molecule has 0 spiro atoms. The first-order valence-electron chi connectivity index (χ1n) is 12.6. The number of imidazole rings is 1. The van der Waals surface area contributed by atoms with E-state index in [4.69, 9.17) is 9.72 Å². The zero-order chi connectivity index (χ0) is 23.5. The molecule has 6 heteroatoms. The number of ether oxygens (including phenoxy) is 1. The Morgan fingerprint density at radius 1 is 1.21 bits per heavy atom. The molecule has 178 valence electrons. The Balaban J connectivity index is 1.27. The van der Waals surface area contributed by atoms with Gasteiger partial charge in [0.05, 0.1) is 18.3 Å². The van der Waals surface area contributed by atoms with Crippen LogP contribution in [0.15, 0.2) is 42.6 Å². The maximum absolute atomic E-state index is 13.1. The zero-order valence-corrected chi connectivity index (χ0v) is 20.2. The number of carbonyl (C=O) groups excluding carboxylic acids is 1. The fourth-order valence-electron chi connectivity index (χ4n) is 5.00. The average Bonchev–Trinajstić information content (AvgIpc) is 3.55. The van der Waals surface area contributed by atoms with Gasteiger partial charge >= 0.3 is 0 Å². The van der Waals surface area contributed by atoms with Crippen LogP contribution < -0.4 is 15.4 Å². The van der Waals surface area contributed by atoms with Crippen molar-refractivity contribution in [3.8, 4) is 17.0 Å². The van der Waals surface area contributed by atoms with E-state index in [0.717, 1.165) is 67.9 Å². The molecule has 1 amide bonds. The second-order valence-electron chi connectivity index (χ2n) is 9.35. The Bertz CT molecular complexity index is 1160. The number of carbonyl (C=O) groups is 1. The number of fused-ring (bicyclic) bond motifs is 2. The summed E-state index contributed by atoms with van der Waals surface area (Å²) < 4.78 is 8.22. The molecule has 2 aliphatic rings. The molecule has 1 aliphatic heterocycles. The Kier molecular flexibility index (Phi) is 6.68. The van der Waals surface area contributed by atoms with Crippen molar-refractivity contribution < 1.29 is 9.53 Å². The minimum Gasteiger partial charge on any atom is -0.493 e. The van der Waals surface area contributed by atoms with Crippen molar-refractivity contribution in [3.63, 3.8) is 0 Å². The van der Waals surface area contributed by atoms with Crippen LogP contribution >= 0.6 is 0 Å². The highest BCUT2D eigenvalue weighted by atomic mass is 16.5. The molecule has 6 nitrogen and oxygen atoms in total. The van der Waals surface area contributed by atoms with Crippen molar-refractivity contribution in [1.29, 1.82) is 0 Å². The second kappa shape index (κ2) is 10.0. The summed E-state index contributed by atoms with van der Waals surface area (Å²) in [7, 11) is 0. The van der Waals surface area contributed by atoms with E-state index in [1.54, 1.807) is 0 Å². The summed E-state index contributed by atoms with van der Waals surface area (Å²) in [6.07, 6.45) is 7.24. The number of amides is 1. The third kappa shape index (κ3) is 4.73. The molecule has 1 aromatic heterocycles. The van der Waals surface area contributed by atoms with Gasteiger partial charge in [-0.05, 0) is 80.6 Å². The number of nitrogens with one attached hydrogen (secondary N) is 2. The summed E-state index contributed by atoms with van der Waals surface area (Å²) in [4.78, 5) is 18.0. The van der Waals surface area contributed by atoms with Gasteiger partial charge in [0.2, 0.25) is 0 Å². The molecule has 0 unspecified atom stereocenters. The highest BCUT2D eigenvalue weighted by molar-refractivity contribution is 5.95. The van der Waals surface area contributed by atoms with Crippen molar-refractivity contribution in [1.82, 2.24) is 20.2 Å². The van der Waals surface area contributed by atoms with Crippen molar-refractivity contribution in [2.45, 2.75) is 58.5 Å². The molecule has 0 bridgehead atoms. The summed E-state index contributed by atoms with van der Waals surface area (Å²) in [6, 6.07) is 12.3. The van der Waals surface area contributed by atoms with E-state index in [2.05, 4.69) is 46.5 Å². The molecule has 3 aromatic rings. The van der Waals surface area contributed by atoms with Crippen molar-refractivity contribution in [2.24, 2.45) is 0 Å². The van der Waals surface area contributed by atoms with E-state index in [0.29, 0.717) is 12.2 Å². The molecule has 0 fully saturated rings. The highest BCUT2D eigenvalue weighted by Gasteiger charge is 2.26. The summed E-state index contributed by atoms with van der Waals surface area (Å²) >= 11 is 0. The van der Waals surface area contributed by atoms with Gasteiger partial charge in [-0.3, -0.25) is 4.79 Å². The topological polar surface area (TPSA) is 68.2 Å². The van der Waals surface area contributed by atoms with Crippen LogP contribution in [0.2, 0.25) is 0 Å². The molecule has 0 saturated heterocycles. The fraction of sp³-hybridized carbons (Fsp3) is 0.429. The summed E-state index contributed by atoms with van der Waals surface area (Å²) in [5.41, 5.74) is 6.37. The largest absolute Gasteiger partial charge is 0.493 e. The van der Waals surface area contributed by atoms with Crippen LogP contribution in [0.1, 0.15) is 65.1 Å². The third-order valence-corrected chi connectivity index (χ3v) is 6.94. The Morgan fingerprint density at radius 3 is 2.97 bits per heavy atom. The fourth-order valence-corrected chi connectivity index (χ4v) is 5.00. The summed E-state index contributed by atoms with van der Waals surface area (Å²) in [5.74, 6) is 1.91. The number of rotatable bonds is 9. The van der Waals surface area contributed by atoms with Crippen LogP contribution in [-0.2, 0) is 19.4 Å². The average molecular weight is 459 g/mol. The van der Waals surface area contributed by atoms with E-state index in [1.807, 2.05) is 25.1 Å². The molecule has 1 aliphatic carbocycles. The molecule has 2 N–H and O–H groups in total. The lowest BCUT2D eigenvalue weighted by Crippen LogP contribution is -2.27. The lowest BCUT2D eigenvalue weighted by molar-refractivity contribution is 0.0936. The molecular formula is C28H34N4O2. The minimum absolute atomic E-state index is 0.0164. The SMILES string of the molecule is CCNCCCOc1cc(C(=O)N[C@@H]2CCc3ccc(-c4cn5c(n4)CCC5)cc32)ccc1C. The number of nitrogens with zero attached hydrogens (tertiary/aromatic N) is 2. The predicted octanol–water partition coefficient (Wildman–Crippen LogP) is 4.60. The van der Waals surface area contributed by atoms with Gasteiger partial charge in [-0.1, -0.05) is 25.1 Å². The van der Waals surface area contributed by atoms with Crippen molar-refractivity contribution >= 4 is 5.91 Å². The van der Waals surface area contributed by atoms with E-state index in [1.165, 1.54) is 23.4 Å². The van der Waals surface area contributed by atoms with Gasteiger partial charge in [-0.15, -0.1) is 0 Å². The molecular weight excluding hydrogens is 424 g/mol. The number of aromatic nitrogens is 2. The third-order valence-electron chi connectivity index (χ3n) is 6.94. The summed E-state index contributed by atoms with van der Waals surface area (Å²) in [5, 5.41) is 6.57. The molecule has 1 atom stereocenters. The van der Waals surface area contributed by atoms with Gasteiger partial charge < -0.3 is 19.9 Å². The maximum Gasteiger partial charge on any atom is 0.251 e. The number of hydrogen-bond acceptors (Lipinski definition) is 4. The molecule has 2 aromatic carbocycles. The zero-order valence-electron chi connectivity index (χ0n) is 20.2. The van der Waals surface area contributed by atoms with Crippen LogP contribution in [-0.4, -0.2) is 35.2 Å². The first-order valence-corrected chi connectivity index (χ1v) is 12.6. The quantitative estimate of drug-likeness (QED) is 0.460. The lowest BCUT2D eigenvalue weighted by Gasteiger charge is -2.16. The standard InChI is InChI=1S/C28H34N4O2/c1-3-29-13-5-15-34-26-17-22(8-7-19(26)2)28(33)31-24-12-11-20-9-10-21(16-23(20)24)25-18-32-14-4-6-27(32)30-25/h7-10,16-18,24,29H,3-6,11-15H2,1-2H3,(H,31,33)/t24-/m1/s1. The van der Waals surface area contributed by atoms with Gasteiger partial charge in [0, 0.05) is 30.3 Å². The molecule has 5 rings (SSSR count). The van der Waals surface area contributed by atoms with Crippen LogP contribution in [0, 0.1) is 6.92 Å². The van der Waals surface area contributed by atoms with Crippen molar-refractivity contribution in [3.05, 3.63) is 70.7 Å². The molecule has 0 radical (unpaired) electrons. The first-order chi connectivity index (χ1) is 16.6. The van der Waals surface area contributed by atoms with Gasteiger partial charge in [-0.25, -0.2) is 4.98 Å². The maximum atomic E-state index is 13.1. The van der Waals surface area contributed by atoms with Gasteiger partial charge in [-0.2, -0.15) is 0 Å². The number of aryl methyl sites for hydroxylation is 4. The lowest BCUT2D eigenvalue weighted by atomic mass is 10.0. The monoisotopic (exact) mass is 458 g/mol. The Morgan fingerprint density at radius 2 is 2.12 bits per heavy atom. The predicted molar refractivity (Wildman–Crippen MR) is 134 cm³/mol. The molecule has 2 heterocycles. The van der Waals surface area contributed by atoms with Crippen molar-refractivity contribution in [2.75, 3.05) is 19.7 Å². The van der Waals surface area contributed by atoms with Gasteiger partial charge in [0.1, 0.15) is 11.6 Å². The minimum atomic E-state index is -0.0540. The van der Waals surface area contributed by atoms with Crippen LogP contribution in [0.25, 0.3) is 11.3 Å². The highest BCUT2D eigenvalue weighted by Crippen LogP contribution is 2.35. The second-order valence-corrected chi connectivity index (χ2v) is 9.35. The van der Waals surface area contributed by atoms with E-state index in [-0.39, 0.29) is 11.9 Å². The van der Waals surface area contributed by atoms with Gasteiger partial charge in [0.25, 0.3) is 5.91 Å². The number of benzene rings is 2. The van der Waals surface area contributed by atoms with Gasteiger partial charge in [0.15, 0.2) is 0 Å².